The first kappa shape index (κ1) is 36.8. The molecule has 0 fully saturated rings. The molecule has 0 saturated heterocycles. The van der Waals surface area contributed by atoms with Gasteiger partial charge in [-0.2, -0.15) is 26.3 Å². The molecule has 0 aliphatic heterocycles. The molecule has 0 aliphatic rings. The van der Waals surface area contributed by atoms with E-state index < -0.39 is 0 Å². The molecule has 0 bridgehead atoms. The van der Waals surface area contributed by atoms with Crippen molar-refractivity contribution in [2.45, 2.75) is 34.6 Å². The Labute approximate surface area is 112 Å². The maximum absolute atomic E-state index is 7.32. The first-order chi connectivity index (χ1) is 7.07. The molecule has 0 rings (SSSR count). The largest absolute Gasteiger partial charge is 0.199 e. The summed E-state index contributed by atoms with van der Waals surface area (Å²) in [5.41, 5.74) is 0. The van der Waals surface area contributed by atoms with Crippen LogP contribution in [0.15, 0.2) is 0 Å². The molecule has 0 aliphatic carbocycles. The molecule has 0 amide bonds. The van der Waals surface area contributed by atoms with Crippen LogP contribution in [-0.4, -0.2) is 0 Å². The van der Waals surface area contributed by atoms with E-state index in [1.165, 1.54) is 34.6 Å². The molecule has 0 aromatic heterocycles. The Hall–Kier alpha value is -1.86. The van der Waals surface area contributed by atoms with Crippen LogP contribution in [0.1, 0.15) is 34.6 Å². The van der Waals surface area contributed by atoms with E-state index in [9.17, 15) is 0 Å². The summed E-state index contributed by atoms with van der Waals surface area (Å²) >= 11 is 0. The van der Waals surface area contributed by atoms with Crippen LogP contribution in [0.5, 0.6) is 0 Å². The normalized spacial score (nSPS) is 2.50. The van der Waals surface area contributed by atoms with Gasteiger partial charge >= 0.3 is 0 Å². The number of nitrogens with zero attached hydrogens (tertiary/aromatic N) is 5. The zero-order valence-corrected chi connectivity index (χ0v) is 12.2. The van der Waals surface area contributed by atoms with Crippen molar-refractivity contribution in [1.82, 2.24) is 0 Å². The van der Waals surface area contributed by atoms with E-state index in [1.807, 2.05) is 0 Å². The summed E-state index contributed by atoms with van der Waals surface area (Å²) in [7, 11) is 0. The topological polar surface area (TPSA) is 119 Å². The van der Waals surface area contributed by atoms with Gasteiger partial charge in [0.25, 0.3) is 0 Å². The maximum atomic E-state index is 7.32. The Bertz CT molecular complexity index is 196. The molecule has 86 valence electrons. The van der Waals surface area contributed by atoms with Crippen LogP contribution < -0.4 is 0 Å². The third-order valence-corrected chi connectivity index (χ3v) is 0. The third kappa shape index (κ3) is 434. The van der Waals surface area contributed by atoms with Crippen LogP contribution in [0, 0.1) is 56.7 Å². The number of hydrogen-bond acceptors (Lipinski definition) is 5. The first-order valence-corrected chi connectivity index (χ1v) is 3.62. The Morgan fingerprint density at radius 2 is 0.438 bits per heavy atom. The summed E-state index contributed by atoms with van der Waals surface area (Å²) in [4.78, 5) is 0. The van der Waals surface area contributed by atoms with Gasteiger partial charge in [0.1, 0.15) is 0 Å². The number of hydrogen-bond donors (Lipinski definition) is 0. The van der Waals surface area contributed by atoms with E-state index in [0.29, 0.717) is 0 Å². The Morgan fingerprint density at radius 1 is 0.438 bits per heavy atom. The quantitative estimate of drug-likeness (QED) is 0.637. The van der Waals surface area contributed by atoms with E-state index >= 15 is 0 Å². The third-order valence-electron chi connectivity index (χ3n) is 0. The Kier molecular flexibility index (Phi) is 453. The molecule has 0 radical (unpaired) electrons. The average Bonchev–Trinajstić information content (AvgIpc) is 2.09. The molecule has 6 heteroatoms. The fourth-order valence-electron chi connectivity index (χ4n) is 0. The van der Waals surface area contributed by atoms with Gasteiger partial charge in [-0.15, -0.1) is 0 Å². The van der Waals surface area contributed by atoms with Gasteiger partial charge < -0.3 is 0 Å². The summed E-state index contributed by atoms with van der Waals surface area (Å²) in [5, 5.41) is 36.6. The van der Waals surface area contributed by atoms with Gasteiger partial charge in [0.2, 0.25) is 0 Å². The van der Waals surface area contributed by atoms with E-state index in [0.717, 1.165) is 0 Å². The molecule has 0 unspecified atom stereocenters. The van der Waals surface area contributed by atoms with Crippen LogP contribution in [0.3, 0.4) is 0 Å². The molecule has 0 heterocycles. The van der Waals surface area contributed by atoms with Gasteiger partial charge in [0, 0.05) is 55.7 Å². The minimum absolute atomic E-state index is 0. The molecule has 16 heavy (non-hydrogen) atoms. The van der Waals surface area contributed by atoms with Crippen molar-refractivity contribution in [1.29, 1.82) is 26.3 Å². The summed E-state index contributed by atoms with van der Waals surface area (Å²) in [6.07, 6.45) is 0. The SMILES string of the molecule is CC#N.CC#N.CC#N.CC#N.CC#N.[Mo]. The molecule has 5 nitrogen and oxygen atoms in total. The molecule has 0 aromatic rings. The van der Waals surface area contributed by atoms with E-state index in [2.05, 4.69) is 0 Å². The average molecular weight is 301 g/mol. The number of nitriles is 5. The fraction of sp³-hybridized carbons (Fsp3) is 0.500. The van der Waals surface area contributed by atoms with Crippen molar-refractivity contribution in [2.24, 2.45) is 0 Å². The van der Waals surface area contributed by atoms with Gasteiger partial charge in [-0.05, 0) is 0 Å². The van der Waals surface area contributed by atoms with Crippen LogP contribution in [0.2, 0.25) is 0 Å². The molecular formula is C10H15MoN5. The number of rotatable bonds is 0. The van der Waals surface area contributed by atoms with Crippen LogP contribution in [0.25, 0.3) is 0 Å². The molecule has 0 N–H and O–H groups in total. The smallest absolute Gasteiger partial charge is 0.0587 e. The maximum Gasteiger partial charge on any atom is 0.0587 e. The van der Waals surface area contributed by atoms with Gasteiger partial charge in [0.05, 0.1) is 30.3 Å². The van der Waals surface area contributed by atoms with E-state index in [-0.39, 0.29) is 21.1 Å². The second-order valence-electron chi connectivity index (χ2n) is 1.12. The first-order valence-electron chi connectivity index (χ1n) is 3.62. The van der Waals surface area contributed by atoms with Crippen molar-refractivity contribution in [3.05, 3.63) is 0 Å². The van der Waals surface area contributed by atoms with E-state index in [4.69, 9.17) is 26.3 Å². The minimum Gasteiger partial charge on any atom is -0.199 e. The zero-order valence-electron chi connectivity index (χ0n) is 10.1. The predicted molar refractivity (Wildman–Crippen MR) is 56.4 cm³/mol. The van der Waals surface area contributed by atoms with Crippen molar-refractivity contribution in [3.63, 3.8) is 0 Å². The summed E-state index contributed by atoms with van der Waals surface area (Å²) in [6, 6.07) is 8.75. The summed E-state index contributed by atoms with van der Waals surface area (Å²) in [5.74, 6) is 0. The van der Waals surface area contributed by atoms with Gasteiger partial charge in [-0.3, -0.25) is 0 Å². The van der Waals surface area contributed by atoms with Crippen LogP contribution >= 0.6 is 0 Å². The molecule has 0 saturated carbocycles. The van der Waals surface area contributed by atoms with Crippen LogP contribution in [-0.2, 0) is 21.1 Å². The van der Waals surface area contributed by atoms with Crippen molar-refractivity contribution >= 4 is 0 Å². The van der Waals surface area contributed by atoms with Crippen molar-refractivity contribution in [3.8, 4) is 30.3 Å². The van der Waals surface area contributed by atoms with Crippen LogP contribution in [0.4, 0.5) is 0 Å². The van der Waals surface area contributed by atoms with Crippen molar-refractivity contribution in [2.75, 3.05) is 0 Å². The van der Waals surface area contributed by atoms with Gasteiger partial charge in [-0.1, -0.05) is 0 Å². The molecule has 0 aromatic carbocycles. The Morgan fingerprint density at radius 3 is 0.438 bits per heavy atom. The summed E-state index contributed by atoms with van der Waals surface area (Å²) < 4.78 is 0. The molecule has 0 atom stereocenters. The predicted octanol–water partition coefficient (Wildman–Crippen LogP) is 2.65. The standard InChI is InChI=1S/5C2H3N.Mo/c5*1-2-3;/h5*1H3;. The molecular weight excluding hydrogens is 286 g/mol. The van der Waals surface area contributed by atoms with E-state index in [1.54, 1.807) is 30.3 Å². The van der Waals surface area contributed by atoms with Gasteiger partial charge in [-0.25, -0.2) is 0 Å². The Balaban J connectivity index is -0.0000000192. The second kappa shape index (κ2) is 197. The monoisotopic (exact) mass is 303 g/mol. The summed E-state index contributed by atoms with van der Waals surface area (Å²) in [6.45, 7) is 7.15. The fourth-order valence-corrected chi connectivity index (χ4v) is 0. The molecule has 0 spiro atoms. The van der Waals surface area contributed by atoms with Gasteiger partial charge in [0.15, 0.2) is 0 Å². The second-order valence-corrected chi connectivity index (χ2v) is 1.12. The van der Waals surface area contributed by atoms with Crippen molar-refractivity contribution < 1.29 is 21.1 Å². The zero-order chi connectivity index (χ0) is 13.5. The minimum atomic E-state index is 0.